The standard InChI is InChI=1S/C15H21Cl2NO4/c1-4-9(7-18(2)3)15(21)10-5-6-11(14(17)13(10)16)22-8-12(19)20/h5-6,9-10,13H,4,7-8H2,1-3H3,(H,19,20). The first-order chi connectivity index (χ1) is 10.3. The predicted molar refractivity (Wildman–Crippen MR) is 86.1 cm³/mol. The fourth-order valence-electron chi connectivity index (χ4n) is 2.29. The molecule has 1 N–H and O–H groups in total. The zero-order chi connectivity index (χ0) is 16.9. The van der Waals surface area contributed by atoms with E-state index in [9.17, 15) is 9.59 Å². The third-order valence-electron chi connectivity index (χ3n) is 3.41. The molecule has 0 aromatic carbocycles. The van der Waals surface area contributed by atoms with Crippen molar-refractivity contribution in [3.63, 3.8) is 0 Å². The van der Waals surface area contributed by atoms with Crippen molar-refractivity contribution >= 4 is 35.0 Å². The first kappa shape index (κ1) is 19.0. The number of alkyl halides is 1. The maximum Gasteiger partial charge on any atom is 0.341 e. The van der Waals surface area contributed by atoms with Crippen molar-refractivity contribution < 1.29 is 19.4 Å². The minimum Gasteiger partial charge on any atom is -0.481 e. The lowest BCUT2D eigenvalue weighted by atomic mass is 9.86. The van der Waals surface area contributed by atoms with Crippen LogP contribution >= 0.6 is 23.2 Å². The molecule has 0 aromatic heterocycles. The number of carbonyl (C=O) groups is 2. The minimum absolute atomic E-state index is 0.0304. The first-order valence-corrected chi connectivity index (χ1v) is 7.84. The largest absolute Gasteiger partial charge is 0.481 e. The van der Waals surface area contributed by atoms with Crippen LogP contribution in [0.25, 0.3) is 0 Å². The smallest absolute Gasteiger partial charge is 0.341 e. The number of halogens is 2. The molecule has 7 heteroatoms. The summed E-state index contributed by atoms with van der Waals surface area (Å²) in [5, 5.41) is 8.05. The molecule has 0 radical (unpaired) electrons. The molecule has 0 fully saturated rings. The van der Waals surface area contributed by atoms with Crippen molar-refractivity contribution in [3.8, 4) is 0 Å². The van der Waals surface area contributed by atoms with Gasteiger partial charge in [0.2, 0.25) is 0 Å². The van der Waals surface area contributed by atoms with Crippen LogP contribution in [0, 0.1) is 11.8 Å². The van der Waals surface area contributed by atoms with E-state index >= 15 is 0 Å². The molecule has 22 heavy (non-hydrogen) atoms. The Balaban J connectivity index is 2.82. The number of rotatable bonds is 8. The number of ether oxygens (including phenoxy) is 1. The fourth-order valence-corrected chi connectivity index (χ4v) is 2.86. The molecule has 0 saturated heterocycles. The van der Waals surface area contributed by atoms with Crippen molar-refractivity contribution in [1.82, 2.24) is 4.90 Å². The molecular formula is C15H21Cl2NO4. The molecule has 0 aliphatic heterocycles. The van der Waals surface area contributed by atoms with Crippen molar-refractivity contribution in [2.24, 2.45) is 11.8 Å². The molecule has 0 saturated carbocycles. The summed E-state index contributed by atoms with van der Waals surface area (Å²) in [6.45, 7) is 2.10. The number of nitrogens with zero attached hydrogens (tertiary/aromatic N) is 1. The highest BCUT2D eigenvalue weighted by molar-refractivity contribution is 6.38. The molecule has 3 unspecified atom stereocenters. The average molecular weight is 350 g/mol. The predicted octanol–water partition coefficient (Wildman–Crippen LogP) is 2.49. The molecule has 1 rings (SSSR count). The molecule has 5 nitrogen and oxygen atoms in total. The maximum absolute atomic E-state index is 12.6. The molecule has 0 bridgehead atoms. The maximum atomic E-state index is 12.6. The molecular weight excluding hydrogens is 329 g/mol. The number of carbonyl (C=O) groups excluding carboxylic acids is 1. The van der Waals surface area contributed by atoms with Crippen LogP contribution < -0.4 is 0 Å². The number of ketones is 1. The second kappa shape index (κ2) is 8.56. The lowest BCUT2D eigenvalue weighted by Crippen LogP contribution is -2.36. The minimum atomic E-state index is -1.10. The average Bonchev–Trinajstić information content (AvgIpc) is 2.45. The van der Waals surface area contributed by atoms with Gasteiger partial charge in [-0.15, -0.1) is 11.6 Å². The van der Waals surface area contributed by atoms with Gasteiger partial charge in [0.05, 0.1) is 16.3 Å². The van der Waals surface area contributed by atoms with E-state index in [-0.39, 0.29) is 22.5 Å². The lowest BCUT2D eigenvalue weighted by molar-refractivity contribution is -0.140. The molecule has 124 valence electrons. The van der Waals surface area contributed by atoms with E-state index in [4.69, 9.17) is 33.0 Å². The van der Waals surface area contributed by atoms with Gasteiger partial charge >= 0.3 is 5.97 Å². The second-order valence-electron chi connectivity index (χ2n) is 5.45. The Labute approximate surface area is 140 Å². The van der Waals surface area contributed by atoms with Gasteiger partial charge in [-0.05, 0) is 26.6 Å². The van der Waals surface area contributed by atoms with E-state index in [0.29, 0.717) is 13.0 Å². The summed E-state index contributed by atoms with van der Waals surface area (Å²) < 4.78 is 5.06. The topological polar surface area (TPSA) is 66.8 Å². The Hall–Kier alpha value is -1.04. The van der Waals surface area contributed by atoms with Crippen LogP contribution in [-0.4, -0.2) is 54.4 Å². The quantitative estimate of drug-likeness (QED) is 0.682. The number of allylic oxidation sites excluding steroid dienone is 3. The Kier molecular flexibility index (Phi) is 7.39. The van der Waals surface area contributed by atoms with Crippen LogP contribution in [0.15, 0.2) is 22.9 Å². The number of carboxylic acids is 1. The van der Waals surface area contributed by atoms with E-state index in [1.807, 2.05) is 25.9 Å². The SMILES string of the molecule is CCC(CN(C)C)C(=O)C1C=CC(OCC(=O)O)=C(Cl)C1Cl. The summed E-state index contributed by atoms with van der Waals surface area (Å²) in [7, 11) is 3.82. The lowest BCUT2D eigenvalue weighted by Gasteiger charge is -2.27. The molecule has 0 spiro atoms. The second-order valence-corrected chi connectivity index (χ2v) is 6.33. The summed E-state index contributed by atoms with van der Waals surface area (Å²) in [5.74, 6) is -1.53. The molecule has 1 aliphatic rings. The third-order valence-corrected chi connectivity index (χ3v) is 4.43. The third kappa shape index (κ3) is 5.00. The summed E-state index contributed by atoms with van der Waals surface area (Å²) in [6.07, 6.45) is 3.88. The van der Waals surface area contributed by atoms with Crippen molar-refractivity contribution in [2.45, 2.75) is 18.7 Å². The van der Waals surface area contributed by atoms with E-state index in [0.717, 1.165) is 0 Å². The van der Waals surface area contributed by atoms with Crippen LogP contribution in [0.5, 0.6) is 0 Å². The molecule has 1 aliphatic carbocycles. The molecule has 0 aromatic rings. The van der Waals surface area contributed by atoms with Gasteiger partial charge in [-0.3, -0.25) is 4.79 Å². The van der Waals surface area contributed by atoms with Crippen LogP contribution in [0.2, 0.25) is 0 Å². The van der Waals surface area contributed by atoms with Gasteiger partial charge in [-0.25, -0.2) is 4.79 Å². The van der Waals surface area contributed by atoms with Gasteiger partial charge in [-0.1, -0.05) is 24.6 Å². The number of hydrogen-bond donors (Lipinski definition) is 1. The van der Waals surface area contributed by atoms with Gasteiger partial charge in [0.1, 0.15) is 11.5 Å². The monoisotopic (exact) mass is 349 g/mol. The van der Waals surface area contributed by atoms with Gasteiger partial charge in [-0.2, -0.15) is 0 Å². The highest BCUT2D eigenvalue weighted by Crippen LogP contribution is 2.34. The number of Topliss-reactive ketones (excluding diaryl/α,β-unsaturated/α-hetero) is 1. The Morgan fingerprint density at radius 1 is 1.45 bits per heavy atom. The zero-order valence-corrected chi connectivity index (χ0v) is 14.4. The Morgan fingerprint density at radius 2 is 2.09 bits per heavy atom. The van der Waals surface area contributed by atoms with E-state index in [1.165, 1.54) is 6.08 Å². The van der Waals surface area contributed by atoms with E-state index < -0.39 is 23.9 Å². The molecule has 0 heterocycles. The van der Waals surface area contributed by atoms with Gasteiger partial charge in [0.15, 0.2) is 6.61 Å². The zero-order valence-electron chi connectivity index (χ0n) is 12.9. The molecule has 3 atom stereocenters. The van der Waals surface area contributed by atoms with E-state index in [1.54, 1.807) is 6.08 Å². The molecule has 0 amide bonds. The summed E-state index contributed by atoms with van der Waals surface area (Å²) in [4.78, 5) is 25.1. The summed E-state index contributed by atoms with van der Waals surface area (Å²) in [5.41, 5.74) is 0. The first-order valence-electron chi connectivity index (χ1n) is 7.02. The summed E-state index contributed by atoms with van der Waals surface area (Å²) in [6, 6.07) is 0. The van der Waals surface area contributed by atoms with Crippen molar-refractivity contribution in [1.29, 1.82) is 0 Å². The van der Waals surface area contributed by atoms with Crippen LogP contribution in [0.4, 0.5) is 0 Å². The van der Waals surface area contributed by atoms with Crippen molar-refractivity contribution in [2.75, 3.05) is 27.2 Å². The number of hydrogen-bond acceptors (Lipinski definition) is 4. The normalized spacial score (nSPS) is 22.8. The van der Waals surface area contributed by atoms with Crippen LogP contribution in [0.1, 0.15) is 13.3 Å². The summed E-state index contributed by atoms with van der Waals surface area (Å²) >= 11 is 12.4. The van der Waals surface area contributed by atoms with Gasteiger partial charge in [0, 0.05) is 12.5 Å². The van der Waals surface area contributed by atoms with Crippen molar-refractivity contribution in [3.05, 3.63) is 22.9 Å². The van der Waals surface area contributed by atoms with Crippen LogP contribution in [-0.2, 0) is 14.3 Å². The Bertz CT molecular complexity index is 488. The van der Waals surface area contributed by atoms with Gasteiger partial charge in [0.25, 0.3) is 0 Å². The van der Waals surface area contributed by atoms with Gasteiger partial charge < -0.3 is 14.7 Å². The van der Waals surface area contributed by atoms with E-state index in [2.05, 4.69) is 0 Å². The Morgan fingerprint density at radius 3 is 2.59 bits per heavy atom. The fraction of sp³-hybridized carbons (Fsp3) is 0.600. The number of aliphatic carboxylic acids is 1. The number of carboxylic acid groups (broad SMARTS) is 1. The highest BCUT2D eigenvalue weighted by atomic mass is 35.5. The van der Waals surface area contributed by atoms with Crippen LogP contribution in [0.3, 0.4) is 0 Å². The highest BCUT2D eigenvalue weighted by Gasteiger charge is 2.35.